The molecule has 0 radical (unpaired) electrons. The van der Waals surface area contributed by atoms with Crippen molar-refractivity contribution in [2.45, 2.75) is 116 Å². The van der Waals surface area contributed by atoms with Crippen molar-refractivity contribution in [1.29, 1.82) is 0 Å². The molecule has 2 unspecified atom stereocenters. The molecule has 148 valence electrons. The highest BCUT2D eigenvalue weighted by molar-refractivity contribution is 5.69. The molecule has 0 aliphatic carbocycles. The van der Waals surface area contributed by atoms with Crippen LogP contribution in [0.2, 0.25) is 0 Å². The van der Waals surface area contributed by atoms with Gasteiger partial charge in [-0.1, -0.05) is 78.1 Å². The van der Waals surface area contributed by atoms with Gasteiger partial charge in [-0.25, -0.2) is 0 Å². The van der Waals surface area contributed by atoms with E-state index in [1.54, 1.807) is 0 Å². The molecule has 0 saturated carbocycles. The molecule has 0 aromatic carbocycles. The fraction of sp³-hybridized carbons (Fsp3) is 0.955. The lowest BCUT2D eigenvalue weighted by Crippen LogP contribution is -2.07. The van der Waals surface area contributed by atoms with Gasteiger partial charge in [-0.2, -0.15) is 0 Å². The number of unbranched alkanes of at least 4 members (excludes halogenated alkanes) is 6. The summed E-state index contributed by atoms with van der Waals surface area (Å²) in [6.07, 6.45) is 18.6. The van der Waals surface area contributed by atoms with Crippen molar-refractivity contribution in [2.24, 2.45) is 5.92 Å². The minimum atomic E-state index is -0.00396. The molecule has 0 aromatic rings. The second kappa shape index (κ2) is 15.7. The lowest BCUT2D eigenvalue weighted by atomic mass is 9.90. The third-order valence-corrected chi connectivity index (χ3v) is 5.26. The van der Waals surface area contributed by atoms with Crippen LogP contribution in [0, 0.1) is 5.92 Å². The van der Waals surface area contributed by atoms with Crippen LogP contribution in [0.5, 0.6) is 0 Å². The Morgan fingerprint density at radius 3 is 2.28 bits per heavy atom. The molecule has 0 spiro atoms. The molecular formula is C22H42O3. The molecule has 0 amide bonds. The third kappa shape index (κ3) is 14.3. The molecule has 0 bridgehead atoms. The summed E-state index contributed by atoms with van der Waals surface area (Å²) in [5.41, 5.74) is 0. The van der Waals surface area contributed by atoms with E-state index in [2.05, 4.69) is 13.8 Å². The minimum Gasteiger partial charge on any atom is -0.466 e. The van der Waals surface area contributed by atoms with Crippen LogP contribution in [-0.4, -0.2) is 25.3 Å². The first-order valence-corrected chi connectivity index (χ1v) is 11.0. The number of hydrogen-bond acceptors (Lipinski definition) is 3. The zero-order chi connectivity index (χ0) is 18.2. The number of carbonyl (C=O) groups excluding carboxylic acids is 1. The molecular weight excluding hydrogens is 312 g/mol. The first-order valence-electron chi connectivity index (χ1n) is 11.0. The van der Waals surface area contributed by atoms with Crippen molar-refractivity contribution in [3.05, 3.63) is 0 Å². The minimum absolute atomic E-state index is 0.00396. The highest BCUT2D eigenvalue weighted by Gasteiger charge is 2.21. The topological polar surface area (TPSA) is 38.8 Å². The standard InChI is InChI=1S/C22H42O3/c1-3-5-7-8-14-20(13-6-4-2)15-9-10-17-22(23)24-18-12-11-16-21-19-25-21/h20-21H,3-19H2,1-2H3. The third-order valence-electron chi connectivity index (χ3n) is 5.26. The van der Waals surface area contributed by atoms with E-state index in [4.69, 9.17) is 9.47 Å². The Hall–Kier alpha value is -0.570. The van der Waals surface area contributed by atoms with Crippen LogP contribution in [0.25, 0.3) is 0 Å². The highest BCUT2D eigenvalue weighted by atomic mass is 16.6. The fourth-order valence-corrected chi connectivity index (χ4v) is 3.45. The van der Waals surface area contributed by atoms with E-state index < -0.39 is 0 Å². The summed E-state index contributed by atoms with van der Waals surface area (Å²) in [6.45, 7) is 6.07. The van der Waals surface area contributed by atoms with Crippen LogP contribution >= 0.6 is 0 Å². The number of ether oxygens (including phenoxy) is 2. The van der Waals surface area contributed by atoms with E-state index in [0.29, 0.717) is 19.1 Å². The summed E-state index contributed by atoms with van der Waals surface area (Å²) in [4.78, 5) is 11.8. The maximum absolute atomic E-state index is 11.8. The van der Waals surface area contributed by atoms with E-state index in [0.717, 1.165) is 38.2 Å². The number of rotatable bonds is 18. The molecule has 1 heterocycles. The molecule has 1 saturated heterocycles. The number of esters is 1. The normalized spacial score (nSPS) is 17.4. The predicted molar refractivity (Wildman–Crippen MR) is 105 cm³/mol. The second-order valence-electron chi connectivity index (χ2n) is 7.77. The molecule has 0 N–H and O–H groups in total. The van der Waals surface area contributed by atoms with Gasteiger partial charge < -0.3 is 9.47 Å². The van der Waals surface area contributed by atoms with Gasteiger partial charge in [0.05, 0.1) is 19.3 Å². The summed E-state index contributed by atoms with van der Waals surface area (Å²) in [5.74, 6) is 0.869. The first kappa shape index (κ1) is 22.5. The summed E-state index contributed by atoms with van der Waals surface area (Å²) in [5, 5.41) is 0. The van der Waals surface area contributed by atoms with Crippen LogP contribution in [0.3, 0.4) is 0 Å². The van der Waals surface area contributed by atoms with Crippen LogP contribution < -0.4 is 0 Å². The SMILES string of the molecule is CCCCCCC(CCCC)CCCCC(=O)OCCCCC1CO1. The van der Waals surface area contributed by atoms with Crippen molar-refractivity contribution in [3.63, 3.8) is 0 Å². The van der Waals surface area contributed by atoms with Crippen LogP contribution in [0.4, 0.5) is 0 Å². The van der Waals surface area contributed by atoms with Gasteiger partial charge >= 0.3 is 5.97 Å². The van der Waals surface area contributed by atoms with Gasteiger partial charge in [0.15, 0.2) is 0 Å². The van der Waals surface area contributed by atoms with Crippen molar-refractivity contribution < 1.29 is 14.3 Å². The Morgan fingerprint density at radius 1 is 0.920 bits per heavy atom. The quantitative estimate of drug-likeness (QED) is 0.162. The van der Waals surface area contributed by atoms with E-state index in [1.165, 1.54) is 64.2 Å². The summed E-state index contributed by atoms with van der Waals surface area (Å²) in [6, 6.07) is 0. The molecule has 3 heteroatoms. The molecule has 1 fully saturated rings. The van der Waals surface area contributed by atoms with Crippen molar-refractivity contribution in [1.82, 2.24) is 0 Å². The maximum atomic E-state index is 11.8. The molecule has 3 nitrogen and oxygen atoms in total. The van der Waals surface area contributed by atoms with Gasteiger partial charge in [0.25, 0.3) is 0 Å². The van der Waals surface area contributed by atoms with Crippen molar-refractivity contribution in [3.8, 4) is 0 Å². The first-order chi connectivity index (χ1) is 12.3. The second-order valence-corrected chi connectivity index (χ2v) is 7.77. The van der Waals surface area contributed by atoms with E-state index >= 15 is 0 Å². The zero-order valence-electron chi connectivity index (χ0n) is 16.9. The Kier molecular flexibility index (Phi) is 14.1. The molecule has 25 heavy (non-hydrogen) atoms. The number of carbonyl (C=O) groups is 1. The zero-order valence-corrected chi connectivity index (χ0v) is 16.9. The van der Waals surface area contributed by atoms with Gasteiger partial charge in [-0.05, 0) is 31.6 Å². The summed E-state index contributed by atoms with van der Waals surface area (Å²) < 4.78 is 10.5. The summed E-state index contributed by atoms with van der Waals surface area (Å²) in [7, 11) is 0. The smallest absolute Gasteiger partial charge is 0.305 e. The Morgan fingerprint density at radius 2 is 1.60 bits per heavy atom. The van der Waals surface area contributed by atoms with Crippen molar-refractivity contribution >= 4 is 5.97 Å². The lowest BCUT2D eigenvalue weighted by molar-refractivity contribution is -0.143. The van der Waals surface area contributed by atoms with E-state index in [1.807, 2.05) is 0 Å². The Bertz CT molecular complexity index is 312. The molecule has 1 aliphatic heterocycles. The van der Waals surface area contributed by atoms with Gasteiger partial charge in [0.1, 0.15) is 0 Å². The average molecular weight is 355 g/mol. The molecule has 1 aliphatic rings. The number of epoxide rings is 1. The van der Waals surface area contributed by atoms with E-state index in [9.17, 15) is 4.79 Å². The van der Waals surface area contributed by atoms with Gasteiger partial charge in [-0.3, -0.25) is 4.79 Å². The molecule has 0 aromatic heterocycles. The van der Waals surface area contributed by atoms with Crippen LogP contribution in [0.1, 0.15) is 110 Å². The largest absolute Gasteiger partial charge is 0.466 e. The maximum Gasteiger partial charge on any atom is 0.305 e. The summed E-state index contributed by atoms with van der Waals surface area (Å²) >= 11 is 0. The Labute approximate surface area is 156 Å². The van der Waals surface area contributed by atoms with Gasteiger partial charge in [0.2, 0.25) is 0 Å². The Balaban J connectivity index is 1.97. The monoisotopic (exact) mass is 354 g/mol. The predicted octanol–water partition coefficient (Wildman–Crippen LogP) is 6.44. The average Bonchev–Trinajstić information content (AvgIpc) is 3.43. The highest BCUT2D eigenvalue weighted by Crippen LogP contribution is 2.23. The van der Waals surface area contributed by atoms with E-state index in [-0.39, 0.29) is 5.97 Å². The molecule has 2 atom stereocenters. The lowest BCUT2D eigenvalue weighted by Gasteiger charge is -2.16. The number of hydrogen-bond donors (Lipinski definition) is 0. The van der Waals surface area contributed by atoms with Crippen LogP contribution in [0.15, 0.2) is 0 Å². The van der Waals surface area contributed by atoms with Gasteiger partial charge in [0, 0.05) is 6.42 Å². The molecule has 1 rings (SSSR count). The van der Waals surface area contributed by atoms with Crippen molar-refractivity contribution in [2.75, 3.05) is 13.2 Å². The van der Waals surface area contributed by atoms with Crippen LogP contribution in [-0.2, 0) is 14.3 Å². The fourth-order valence-electron chi connectivity index (χ4n) is 3.45. The van der Waals surface area contributed by atoms with Gasteiger partial charge in [-0.15, -0.1) is 0 Å².